The third-order valence-corrected chi connectivity index (χ3v) is 5.64. The van der Waals surface area contributed by atoms with Crippen molar-refractivity contribution in [1.82, 2.24) is 15.3 Å². The van der Waals surface area contributed by atoms with E-state index in [0.717, 1.165) is 21.5 Å². The minimum Gasteiger partial charge on any atom is -0.344 e. The van der Waals surface area contributed by atoms with Crippen LogP contribution >= 0.6 is 23.5 Å². The highest BCUT2D eigenvalue weighted by Crippen LogP contribution is 2.26. The Hall–Kier alpha value is -2.05. The highest BCUT2D eigenvalue weighted by atomic mass is 32.2. The molecule has 1 aromatic heterocycles. The van der Waals surface area contributed by atoms with Gasteiger partial charge in [-0.15, -0.1) is 11.8 Å². The summed E-state index contributed by atoms with van der Waals surface area (Å²) in [7, 11) is 0. The van der Waals surface area contributed by atoms with Gasteiger partial charge in [-0.2, -0.15) is 0 Å². The molecule has 3 aromatic rings. The summed E-state index contributed by atoms with van der Waals surface area (Å²) >= 11 is 2.97. The lowest BCUT2D eigenvalue weighted by Gasteiger charge is -2.18. The second-order valence-electron chi connectivity index (χ2n) is 5.96. The molecule has 1 heterocycles. The standard InChI is InChI=1S/C20H21N3OS2/c1-12-17(22-20(26-4)23-19(12)25-3)18(24)21-13(2)15-11-7-9-14-8-5-6-10-16(14)15/h5-11,13H,1-4H3,(H,21,24)/t13-/m1/s1. The highest BCUT2D eigenvalue weighted by Gasteiger charge is 2.19. The van der Waals surface area contributed by atoms with Gasteiger partial charge in [0.2, 0.25) is 0 Å². The first-order chi connectivity index (χ1) is 12.5. The largest absolute Gasteiger partial charge is 0.344 e. The monoisotopic (exact) mass is 383 g/mol. The summed E-state index contributed by atoms with van der Waals surface area (Å²) in [6.07, 6.45) is 3.87. The van der Waals surface area contributed by atoms with Gasteiger partial charge in [0.15, 0.2) is 5.16 Å². The van der Waals surface area contributed by atoms with Crippen LogP contribution in [-0.2, 0) is 0 Å². The van der Waals surface area contributed by atoms with E-state index >= 15 is 0 Å². The number of nitrogens with zero attached hydrogens (tertiary/aromatic N) is 2. The summed E-state index contributed by atoms with van der Waals surface area (Å²) in [5.41, 5.74) is 2.36. The maximum Gasteiger partial charge on any atom is 0.270 e. The van der Waals surface area contributed by atoms with Crippen LogP contribution in [0.25, 0.3) is 10.8 Å². The van der Waals surface area contributed by atoms with E-state index in [2.05, 4.69) is 39.6 Å². The van der Waals surface area contributed by atoms with E-state index in [1.807, 2.05) is 44.6 Å². The molecule has 0 radical (unpaired) electrons. The predicted octanol–water partition coefficient (Wildman–Crippen LogP) is 4.87. The molecule has 26 heavy (non-hydrogen) atoms. The summed E-state index contributed by atoms with van der Waals surface area (Å²) in [4.78, 5) is 21.8. The summed E-state index contributed by atoms with van der Waals surface area (Å²) in [5.74, 6) is -0.170. The van der Waals surface area contributed by atoms with Crippen molar-refractivity contribution in [3.63, 3.8) is 0 Å². The first-order valence-corrected chi connectivity index (χ1v) is 10.7. The Bertz CT molecular complexity index is 954. The van der Waals surface area contributed by atoms with Crippen LogP contribution in [0.2, 0.25) is 0 Å². The first-order valence-electron chi connectivity index (χ1n) is 8.30. The van der Waals surface area contributed by atoms with Gasteiger partial charge < -0.3 is 5.32 Å². The lowest BCUT2D eigenvalue weighted by atomic mass is 9.99. The van der Waals surface area contributed by atoms with Gasteiger partial charge in [0.05, 0.1) is 6.04 Å². The van der Waals surface area contributed by atoms with Crippen LogP contribution in [0.3, 0.4) is 0 Å². The van der Waals surface area contributed by atoms with Crippen molar-refractivity contribution in [1.29, 1.82) is 0 Å². The summed E-state index contributed by atoms with van der Waals surface area (Å²) in [6.45, 7) is 3.90. The Balaban J connectivity index is 1.92. The molecule has 0 unspecified atom stereocenters. The van der Waals surface area contributed by atoms with Gasteiger partial charge in [-0.05, 0) is 42.7 Å². The maximum atomic E-state index is 12.9. The molecule has 1 amide bonds. The van der Waals surface area contributed by atoms with Crippen LogP contribution in [0, 0.1) is 6.92 Å². The normalized spacial score (nSPS) is 12.2. The topological polar surface area (TPSA) is 54.9 Å². The molecule has 1 N–H and O–H groups in total. The fourth-order valence-corrected chi connectivity index (χ4v) is 3.96. The average Bonchev–Trinajstić information content (AvgIpc) is 2.67. The molecule has 0 bridgehead atoms. The van der Waals surface area contributed by atoms with Crippen molar-refractivity contribution in [3.8, 4) is 0 Å². The number of fused-ring (bicyclic) bond motifs is 1. The number of hydrogen-bond acceptors (Lipinski definition) is 5. The number of benzene rings is 2. The average molecular weight is 384 g/mol. The second-order valence-corrected chi connectivity index (χ2v) is 7.53. The highest BCUT2D eigenvalue weighted by molar-refractivity contribution is 7.99. The number of thioether (sulfide) groups is 2. The van der Waals surface area contributed by atoms with Gasteiger partial charge in [-0.3, -0.25) is 4.79 Å². The fourth-order valence-electron chi connectivity index (χ4n) is 2.96. The molecule has 0 aliphatic heterocycles. The zero-order chi connectivity index (χ0) is 18.7. The molecule has 3 rings (SSSR count). The lowest BCUT2D eigenvalue weighted by molar-refractivity contribution is 0.0933. The molecule has 4 nitrogen and oxygen atoms in total. The van der Waals surface area contributed by atoms with Crippen LogP contribution in [0.4, 0.5) is 0 Å². The molecule has 134 valence electrons. The number of nitrogens with one attached hydrogen (secondary N) is 1. The van der Waals surface area contributed by atoms with Gasteiger partial charge in [0.25, 0.3) is 5.91 Å². The molecule has 1 atom stereocenters. The number of hydrogen-bond donors (Lipinski definition) is 1. The van der Waals surface area contributed by atoms with Crippen LogP contribution in [0.15, 0.2) is 52.6 Å². The Morgan fingerprint density at radius 1 is 1.04 bits per heavy atom. The smallest absolute Gasteiger partial charge is 0.270 e. The number of aromatic nitrogens is 2. The Morgan fingerprint density at radius 3 is 2.50 bits per heavy atom. The molecule has 0 aliphatic rings. The van der Waals surface area contributed by atoms with Crippen LogP contribution in [0.1, 0.15) is 34.6 Å². The summed E-state index contributed by atoms with van der Waals surface area (Å²) in [6, 6.07) is 14.2. The minimum atomic E-state index is -0.170. The summed E-state index contributed by atoms with van der Waals surface area (Å²) < 4.78 is 0. The molecule has 0 fully saturated rings. The SMILES string of the molecule is CSc1nc(SC)c(C)c(C(=O)N[C@H](C)c2cccc3ccccc23)n1. The van der Waals surface area contributed by atoms with E-state index in [0.29, 0.717) is 10.9 Å². The maximum absolute atomic E-state index is 12.9. The molecule has 6 heteroatoms. The van der Waals surface area contributed by atoms with Gasteiger partial charge >= 0.3 is 0 Å². The Labute approximate surface area is 162 Å². The van der Waals surface area contributed by atoms with Crippen molar-refractivity contribution in [2.45, 2.75) is 30.1 Å². The second kappa shape index (κ2) is 8.10. The molecular formula is C20H21N3OS2. The molecule has 2 aromatic carbocycles. The van der Waals surface area contributed by atoms with Crippen molar-refractivity contribution in [3.05, 3.63) is 59.3 Å². The third kappa shape index (κ3) is 3.71. The minimum absolute atomic E-state index is 0.126. The van der Waals surface area contributed by atoms with Gasteiger partial charge in [0.1, 0.15) is 10.7 Å². The number of carbonyl (C=O) groups is 1. The van der Waals surface area contributed by atoms with Gasteiger partial charge in [0, 0.05) is 5.56 Å². The van der Waals surface area contributed by atoms with Crippen molar-refractivity contribution in [2.24, 2.45) is 0 Å². The van der Waals surface area contributed by atoms with Gasteiger partial charge in [-0.1, -0.05) is 54.2 Å². The van der Waals surface area contributed by atoms with E-state index in [9.17, 15) is 4.79 Å². The Kier molecular flexibility index (Phi) is 5.84. The van der Waals surface area contributed by atoms with Crippen molar-refractivity contribution < 1.29 is 4.79 Å². The van der Waals surface area contributed by atoms with Crippen LogP contribution in [-0.4, -0.2) is 28.4 Å². The van der Waals surface area contributed by atoms with E-state index in [4.69, 9.17) is 0 Å². The van der Waals surface area contributed by atoms with E-state index in [-0.39, 0.29) is 11.9 Å². The molecule has 0 saturated carbocycles. The van der Waals surface area contributed by atoms with Crippen molar-refractivity contribution >= 4 is 40.2 Å². The quantitative estimate of drug-likeness (QED) is 0.387. The lowest BCUT2D eigenvalue weighted by Crippen LogP contribution is -2.28. The third-order valence-electron chi connectivity index (χ3n) is 4.31. The molecule has 0 aliphatic carbocycles. The summed E-state index contributed by atoms with van der Waals surface area (Å²) in [5, 5.41) is 6.87. The van der Waals surface area contributed by atoms with Crippen LogP contribution in [0.5, 0.6) is 0 Å². The number of rotatable bonds is 5. The number of amides is 1. The van der Waals surface area contributed by atoms with Crippen molar-refractivity contribution in [2.75, 3.05) is 12.5 Å². The van der Waals surface area contributed by atoms with E-state index in [1.54, 1.807) is 0 Å². The number of carbonyl (C=O) groups excluding carboxylic acids is 1. The zero-order valence-electron chi connectivity index (χ0n) is 15.2. The zero-order valence-corrected chi connectivity index (χ0v) is 16.9. The predicted molar refractivity (Wildman–Crippen MR) is 110 cm³/mol. The van der Waals surface area contributed by atoms with E-state index in [1.165, 1.54) is 28.9 Å². The van der Waals surface area contributed by atoms with E-state index < -0.39 is 0 Å². The molecular weight excluding hydrogens is 362 g/mol. The Morgan fingerprint density at radius 2 is 1.77 bits per heavy atom. The van der Waals surface area contributed by atoms with Crippen LogP contribution < -0.4 is 5.32 Å². The molecule has 0 saturated heterocycles. The fraction of sp³-hybridized carbons (Fsp3) is 0.250. The van der Waals surface area contributed by atoms with Gasteiger partial charge in [-0.25, -0.2) is 9.97 Å². The first kappa shape index (κ1) is 18.7. The molecule has 0 spiro atoms.